The molecule has 2 amide bonds. The Bertz CT molecular complexity index is 1370. The van der Waals surface area contributed by atoms with Crippen LogP contribution in [0.15, 0.2) is 64.0 Å². The Kier molecular flexibility index (Phi) is 8.91. The molecule has 0 N–H and O–H groups in total. The molecule has 0 unspecified atom stereocenters. The summed E-state index contributed by atoms with van der Waals surface area (Å²) in [6.45, 7) is 2.64. The van der Waals surface area contributed by atoms with Gasteiger partial charge in [0.1, 0.15) is 6.61 Å². The smallest absolute Gasteiger partial charge is 0.293 e. The molecule has 0 saturated carbocycles. The molecule has 4 rings (SSSR count). The molecule has 1 saturated heterocycles. The number of carbonyl (C=O) groups excluding carboxylic acids is 2. The van der Waals surface area contributed by atoms with E-state index < -0.39 is 0 Å². The fraction of sp³-hybridized carbons (Fsp3) is 0.154. The fourth-order valence-electron chi connectivity index (χ4n) is 3.45. The Morgan fingerprint density at radius 3 is 2.47 bits per heavy atom. The van der Waals surface area contributed by atoms with E-state index >= 15 is 0 Å². The lowest BCUT2D eigenvalue weighted by molar-refractivity contribution is -0.123. The zero-order valence-electron chi connectivity index (χ0n) is 18.9. The van der Waals surface area contributed by atoms with Crippen LogP contribution in [0, 0.1) is 0 Å². The van der Waals surface area contributed by atoms with Gasteiger partial charge in [0.25, 0.3) is 11.1 Å². The van der Waals surface area contributed by atoms with Crippen LogP contribution in [0.5, 0.6) is 11.5 Å². The average molecular weight is 628 g/mol. The van der Waals surface area contributed by atoms with Crippen LogP contribution in [-0.4, -0.2) is 22.7 Å². The van der Waals surface area contributed by atoms with E-state index in [9.17, 15) is 9.59 Å². The molecule has 1 aliphatic rings. The van der Waals surface area contributed by atoms with Gasteiger partial charge in [-0.15, -0.1) is 0 Å². The van der Waals surface area contributed by atoms with Gasteiger partial charge in [0.05, 0.1) is 32.6 Å². The van der Waals surface area contributed by atoms with Crippen molar-refractivity contribution in [2.45, 2.75) is 20.1 Å². The zero-order chi connectivity index (χ0) is 25.8. The maximum atomic E-state index is 13.0. The molecule has 1 fully saturated rings. The first-order valence-corrected chi connectivity index (χ1v) is 13.5. The summed E-state index contributed by atoms with van der Waals surface area (Å²) in [4.78, 5) is 27.1. The second kappa shape index (κ2) is 11.9. The number of rotatable bonds is 8. The highest BCUT2D eigenvalue weighted by Gasteiger charge is 2.35. The Balaban J connectivity index is 1.56. The van der Waals surface area contributed by atoms with Crippen molar-refractivity contribution in [2.75, 3.05) is 6.61 Å². The van der Waals surface area contributed by atoms with Gasteiger partial charge in [-0.25, -0.2) is 0 Å². The molecule has 1 heterocycles. The minimum atomic E-state index is -0.385. The number of carbonyl (C=O) groups is 2. The number of thioether (sulfide) groups is 1. The summed E-state index contributed by atoms with van der Waals surface area (Å²) < 4.78 is 12.5. The lowest BCUT2D eigenvalue weighted by Gasteiger charge is -2.15. The van der Waals surface area contributed by atoms with Crippen molar-refractivity contribution in [3.05, 3.63) is 95.7 Å². The minimum absolute atomic E-state index is 0.0988. The molecular formula is C26H19BrCl3NO4S. The van der Waals surface area contributed by atoms with Gasteiger partial charge >= 0.3 is 0 Å². The number of hydrogen-bond donors (Lipinski definition) is 0. The molecule has 1 aliphatic heterocycles. The van der Waals surface area contributed by atoms with Crippen molar-refractivity contribution in [2.24, 2.45) is 0 Å². The maximum absolute atomic E-state index is 13.0. The van der Waals surface area contributed by atoms with Crippen molar-refractivity contribution in [1.82, 2.24) is 4.90 Å². The molecule has 10 heteroatoms. The summed E-state index contributed by atoms with van der Waals surface area (Å²) >= 11 is 22.7. The van der Waals surface area contributed by atoms with Crippen LogP contribution in [-0.2, 0) is 17.9 Å². The topological polar surface area (TPSA) is 55.8 Å². The SMILES string of the molecule is CCOc1cc(/C=C2\SC(=O)N(Cc3ccc(Cl)c(Cl)c3)C2=O)cc(Br)c1OCc1ccccc1Cl. The normalized spacial score (nSPS) is 14.6. The molecule has 5 nitrogen and oxygen atoms in total. The van der Waals surface area contributed by atoms with E-state index in [0.717, 1.165) is 17.3 Å². The van der Waals surface area contributed by atoms with Gasteiger partial charge in [-0.2, -0.15) is 0 Å². The van der Waals surface area contributed by atoms with E-state index in [4.69, 9.17) is 44.3 Å². The van der Waals surface area contributed by atoms with E-state index in [1.54, 1.807) is 42.5 Å². The number of halogens is 4. The number of ether oxygens (including phenoxy) is 2. The summed E-state index contributed by atoms with van der Waals surface area (Å²) in [7, 11) is 0. The predicted molar refractivity (Wildman–Crippen MR) is 149 cm³/mol. The van der Waals surface area contributed by atoms with E-state index in [0.29, 0.717) is 53.7 Å². The molecule has 0 aromatic heterocycles. The van der Waals surface area contributed by atoms with Crippen molar-refractivity contribution < 1.29 is 19.1 Å². The third-order valence-electron chi connectivity index (χ3n) is 5.16. The van der Waals surface area contributed by atoms with Gasteiger partial charge in [-0.05, 0) is 82.2 Å². The quantitative estimate of drug-likeness (QED) is 0.234. The van der Waals surface area contributed by atoms with Gasteiger partial charge in [0.2, 0.25) is 0 Å². The summed E-state index contributed by atoms with van der Waals surface area (Å²) in [5.74, 6) is 0.631. The minimum Gasteiger partial charge on any atom is -0.490 e. The standard InChI is InChI=1S/C26H19BrCl3NO4S/c1-2-34-22-11-16(9-18(27)24(22)35-14-17-5-3-4-6-19(17)28)12-23-25(32)31(26(33)36-23)13-15-7-8-20(29)21(30)10-15/h3-12H,2,13-14H2,1H3/b23-12-. The van der Waals surface area contributed by atoms with E-state index in [1.165, 1.54) is 4.90 Å². The summed E-state index contributed by atoms with van der Waals surface area (Å²) in [5.41, 5.74) is 2.22. The van der Waals surface area contributed by atoms with Crippen LogP contribution in [0.3, 0.4) is 0 Å². The van der Waals surface area contributed by atoms with Crippen LogP contribution in [0.2, 0.25) is 15.1 Å². The molecule has 186 valence electrons. The third kappa shape index (κ3) is 6.21. The third-order valence-corrected chi connectivity index (χ3v) is 7.76. The van der Waals surface area contributed by atoms with E-state index in [-0.39, 0.29) is 24.3 Å². The molecule has 3 aromatic rings. The first kappa shape index (κ1) is 26.9. The van der Waals surface area contributed by atoms with Crippen LogP contribution in [0.25, 0.3) is 6.08 Å². The van der Waals surface area contributed by atoms with Gasteiger partial charge in [-0.3, -0.25) is 14.5 Å². The lowest BCUT2D eigenvalue weighted by atomic mass is 10.1. The summed E-state index contributed by atoms with van der Waals surface area (Å²) in [6.07, 6.45) is 1.66. The summed E-state index contributed by atoms with van der Waals surface area (Å²) in [6, 6.07) is 16.0. The molecule has 0 spiro atoms. The average Bonchev–Trinajstić information content (AvgIpc) is 3.09. The van der Waals surface area contributed by atoms with E-state index in [1.807, 2.05) is 25.1 Å². The molecule has 0 atom stereocenters. The Morgan fingerprint density at radius 1 is 0.972 bits per heavy atom. The molecule has 0 radical (unpaired) electrons. The van der Waals surface area contributed by atoms with Gasteiger partial charge in [0.15, 0.2) is 11.5 Å². The predicted octanol–water partition coefficient (Wildman–Crippen LogP) is 8.62. The van der Waals surface area contributed by atoms with Crippen molar-refractivity contribution in [1.29, 1.82) is 0 Å². The number of nitrogens with zero attached hydrogens (tertiary/aromatic N) is 1. The molecular weight excluding hydrogens is 609 g/mol. The van der Waals surface area contributed by atoms with Crippen LogP contribution >= 0.6 is 62.5 Å². The largest absolute Gasteiger partial charge is 0.490 e. The zero-order valence-corrected chi connectivity index (χ0v) is 23.6. The van der Waals surface area contributed by atoms with Gasteiger partial charge in [0, 0.05) is 10.6 Å². The lowest BCUT2D eigenvalue weighted by Crippen LogP contribution is -2.27. The van der Waals surface area contributed by atoms with Crippen molar-refractivity contribution in [3.8, 4) is 11.5 Å². The molecule has 0 aliphatic carbocycles. The molecule has 3 aromatic carbocycles. The monoisotopic (exact) mass is 625 g/mol. The first-order chi connectivity index (χ1) is 17.3. The van der Waals surface area contributed by atoms with Gasteiger partial charge in [-0.1, -0.05) is 59.1 Å². The first-order valence-electron chi connectivity index (χ1n) is 10.8. The highest BCUT2D eigenvalue weighted by molar-refractivity contribution is 9.10. The molecule has 36 heavy (non-hydrogen) atoms. The number of benzene rings is 3. The Morgan fingerprint density at radius 2 is 1.75 bits per heavy atom. The Hall–Kier alpha value is -2.16. The fourth-order valence-corrected chi connectivity index (χ4v) is 5.37. The van der Waals surface area contributed by atoms with E-state index in [2.05, 4.69) is 15.9 Å². The van der Waals surface area contributed by atoms with Crippen LogP contribution < -0.4 is 9.47 Å². The number of hydrogen-bond acceptors (Lipinski definition) is 5. The highest BCUT2D eigenvalue weighted by atomic mass is 79.9. The summed E-state index contributed by atoms with van der Waals surface area (Å²) in [5, 5.41) is 1.02. The van der Waals surface area contributed by atoms with Gasteiger partial charge < -0.3 is 9.47 Å². The molecule has 0 bridgehead atoms. The Labute approximate surface area is 236 Å². The highest BCUT2D eigenvalue weighted by Crippen LogP contribution is 2.40. The number of amides is 2. The van der Waals surface area contributed by atoms with Crippen molar-refractivity contribution >= 4 is 79.7 Å². The van der Waals surface area contributed by atoms with Crippen LogP contribution in [0.4, 0.5) is 4.79 Å². The second-order valence-electron chi connectivity index (χ2n) is 7.66. The van der Waals surface area contributed by atoms with Crippen LogP contribution in [0.1, 0.15) is 23.6 Å². The maximum Gasteiger partial charge on any atom is 0.293 e. The number of imide groups is 1. The second-order valence-corrected chi connectivity index (χ2v) is 10.7. The van der Waals surface area contributed by atoms with Crippen molar-refractivity contribution in [3.63, 3.8) is 0 Å².